The molecular weight excluding hydrogens is 317 g/mol. The van der Waals surface area contributed by atoms with Gasteiger partial charge in [-0.25, -0.2) is 13.1 Å². The van der Waals surface area contributed by atoms with Gasteiger partial charge in [0, 0.05) is 12.6 Å². The van der Waals surface area contributed by atoms with Gasteiger partial charge in [-0.3, -0.25) is 0 Å². The van der Waals surface area contributed by atoms with E-state index in [9.17, 15) is 13.5 Å². The van der Waals surface area contributed by atoms with Gasteiger partial charge in [-0.15, -0.1) is 11.3 Å². The molecule has 1 aromatic heterocycles. The van der Waals surface area contributed by atoms with E-state index < -0.39 is 10.0 Å². The number of rotatable bonds is 4. The molecule has 1 heterocycles. The highest BCUT2D eigenvalue weighted by atomic mass is 35.5. The first-order valence-corrected chi connectivity index (χ1v) is 8.57. The largest absolute Gasteiger partial charge is 0.396 e. The molecule has 4 nitrogen and oxygen atoms in total. The summed E-state index contributed by atoms with van der Waals surface area (Å²) in [6.45, 7) is -0.00862. The summed E-state index contributed by atoms with van der Waals surface area (Å²) < 4.78 is 27.4. The van der Waals surface area contributed by atoms with Gasteiger partial charge in [0.15, 0.2) is 0 Å². The standard InChI is InChI=1S/C10H13Cl2NO3S2/c11-9-4-8(10(12)17-9)18(15,16)13-7-3-1-2-6(7)5-14/h4,6-7,13-14H,1-3,5H2. The van der Waals surface area contributed by atoms with E-state index in [0.717, 1.165) is 30.6 Å². The highest BCUT2D eigenvalue weighted by Crippen LogP contribution is 2.35. The Kier molecular flexibility index (Phi) is 4.57. The number of thiophene rings is 1. The Bertz CT molecular complexity index is 529. The van der Waals surface area contributed by atoms with Gasteiger partial charge in [0.2, 0.25) is 10.0 Å². The third-order valence-electron chi connectivity index (χ3n) is 3.12. The van der Waals surface area contributed by atoms with Crippen LogP contribution in [0.3, 0.4) is 0 Å². The molecule has 2 unspecified atom stereocenters. The molecule has 2 atom stereocenters. The molecule has 0 radical (unpaired) electrons. The second-order valence-electron chi connectivity index (χ2n) is 4.29. The van der Waals surface area contributed by atoms with Crippen LogP contribution in [-0.4, -0.2) is 26.2 Å². The summed E-state index contributed by atoms with van der Waals surface area (Å²) in [5.74, 6) is -0.0207. The van der Waals surface area contributed by atoms with Gasteiger partial charge >= 0.3 is 0 Å². The maximum Gasteiger partial charge on any atom is 0.243 e. The second-order valence-corrected chi connectivity index (χ2v) is 8.26. The lowest BCUT2D eigenvalue weighted by atomic mass is 10.1. The smallest absolute Gasteiger partial charge is 0.243 e. The van der Waals surface area contributed by atoms with E-state index in [1.54, 1.807) is 0 Å². The summed E-state index contributed by atoms with van der Waals surface area (Å²) in [5, 5.41) is 9.18. The monoisotopic (exact) mass is 329 g/mol. The van der Waals surface area contributed by atoms with Crippen LogP contribution >= 0.6 is 34.5 Å². The third-order valence-corrected chi connectivity index (χ3v) is 6.36. The molecule has 0 aliphatic heterocycles. The van der Waals surface area contributed by atoms with Crippen molar-refractivity contribution in [2.24, 2.45) is 5.92 Å². The molecule has 1 aromatic rings. The maximum atomic E-state index is 12.2. The number of aliphatic hydroxyl groups is 1. The topological polar surface area (TPSA) is 66.4 Å². The maximum absolute atomic E-state index is 12.2. The first kappa shape index (κ1) is 14.6. The predicted molar refractivity (Wildman–Crippen MR) is 72.9 cm³/mol. The number of hydrogen-bond acceptors (Lipinski definition) is 4. The fraction of sp³-hybridized carbons (Fsp3) is 0.600. The number of nitrogens with one attached hydrogen (secondary N) is 1. The van der Waals surface area contributed by atoms with Crippen LogP contribution in [0.5, 0.6) is 0 Å². The molecule has 0 saturated heterocycles. The average Bonchev–Trinajstić information content (AvgIpc) is 2.84. The summed E-state index contributed by atoms with van der Waals surface area (Å²) in [7, 11) is -3.66. The summed E-state index contributed by atoms with van der Waals surface area (Å²) in [6, 6.07) is 1.12. The molecule has 2 rings (SSSR count). The van der Waals surface area contributed by atoms with Crippen LogP contribution in [0.25, 0.3) is 0 Å². The molecular formula is C10H13Cl2NO3S2. The minimum absolute atomic E-state index is 0.00862. The van der Waals surface area contributed by atoms with Crippen LogP contribution in [0, 0.1) is 5.92 Å². The van der Waals surface area contributed by atoms with E-state index in [0.29, 0.717) is 4.34 Å². The van der Waals surface area contributed by atoms with Crippen molar-refractivity contribution in [1.82, 2.24) is 4.72 Å². The molecule has 0 bridgehead atoms. The van der Waals surface area contributed by atoms with Crippen molar-refractivity contribution < 1.29 is 13.5 Å². The highest BCUT2D eigenvalue weighted by Gasteiger charge is 2.32. The molecule has 18 heavy (non-hydrogen) atoms. The molecule has 1 aliphatic rings. The zero-order chi connectivity index (χ0) is 13.3. The number of halogens is 2. The Morgan fingerprint density at radius 2 is 2.17 bits per heavy atom. The number of aliphatic hydroxyl groups excluding tert-OH is 1. The number of hydrogen-bond donors (Lipinski definition) is 2. The quantitative estimate of drug-likeness (QED) is 0.891. The van der Waals surface area contributed by atoms with Crippen LogP contribution in [0.15, 0.2) is 11.0 Å². The van der Waals surface area contributed by atoms with Crippen molar-refractivity contribution >= 4 is 44.6 Å². The van der Waals surface area contributed by atoms with E-state index in [1.165, 1.54) is 6.07 Å². The SMILES string of the molecule is O=S(=O)(NC1CCCC1CO)c1cc(Cl)sc1Cl. The minimum atomic E-state index is -3.66. The minimum Gasteiger partial charge on any atom is -0.396 e. The van der Waals surface area contributed by atoms with E-state index in [4.69, 9.17) is 23.2 Å². The van der Waals surface area contributed by atoms with Crippen LogP contribution in [0.1, 0.15) is 19.3 Å². The zero-order valence-electron chi connectivity index (χ0n) is 9.40. The summed E-state index contributed by atoms with van der Waals surface area (Å²) in [4.78, 5) is 0.0164. The highest BCUT2D eigenvalue weighted by molar-refractivity contribution is 7.89. The fourth-order valence-corrected chi connectivity index (χ4v) is 5.67. The number of sulfonamides is 1. The fourth-order valence-electron chi connectivity index (χ4n) is 2.18. The van der Waals surface area contributed by atoms with Crippen molar-refractivity contribution in [2.45, 2.75) is 30.2 Å². The lowest BCUT2D eigenvalue weighted by Crippen LogP contribution is -2.38. The summed E-state index contributed by atoms with van der Waals surface area (Å²) in [6.07, 6.45) is 2.48. The van der Waals surface area contributed by atoms with E-state index in [1.807, 2.05) is 0 Å². The summed E-state index contributed by atoms with van der Waals surface area (Å²) in [5.41, 5.74) is 0. The Hall–Kier alpha value is 0.150. The molecule has 0 amide bonds. The van der Waals surface area contributed by atoms with Gasteiger partial charge in [0.05, 0.1) is 4.34 Å². The molecule has 102 valence electrons. The van der Waals surface area contributed by atoms with E-state index in [2.05, 4.69) is 4.72 Å². The van der Waals surface area contributed by atoms with Crippen molar-refractivity contribution in [2.75, 3.05) is 6.61 Å². The van der Waals surface area contributed by atoms with E-state index in [-0.39, 0.29) is 27.8 Å². The Labute approximate surface area is 120 Å². The third kappa shape index (κ3) is 3.00. The second kappa shape index (κ2) is 5.64. The predicted octanol–water partition coefficient (Wildman–Crippen LogP) is 2.49. The first-order chi connectivity index (χ1) is 8.44. The van der Waals surface area contributed by atoms with Gasteiger partial charge in [-0.2, -0.15) is 0 Å². The molecule has 1 saturated carbocycles. The van der Waals surface area contributed by atoms with Gasteiger partial charge in [0.25, 0.3) is 0 Å². The molecule has 1 fully saturated rings. The van der Waals surface area contributed by atoms with Crippen molar-refractivity contribution in [3.05, 3.63) is 14.7 Å². The van der Waals surface area contributed by atoms with Gasteiger partial charge in [-0.1, -0.05) is 29.6 Å². The Morgan fingerprint density at radius 3 is 2.72 bits per heavy atom. The van der Waals surface area contributed by atoms with Crippen molar-refractivity contribution in [3.8, 4) is 0 Å². The van der Waals surface area contributed by atoms with Gasteiger partial charge in [0.1, 0.15) is 9.23 Å². The van der Waals surface area contributed by atoms with Crippen LogP contribution in [-0.2, 0) is 10.0 Å². The molecule has 1 aliphatic carbocycles. The molecule has 2 N–H and O–H groups in total. The van der Waals surface area contributed by atoms with E-state index >= 15 is 0 Å². The van der Waals surface area contributed by atoms with Gasteiger partial charge in [-0.05, 0) is 24.8 Å². The van der Waals surface area contributed by atoms with Crippen molar-refractivity contribution in [1.29, 1.82) is 0 Å². The lowest BCUT2D eigenvalue weighted by molar-refractivity contribution is 0.213. The Morgan fingerprint density at radius 1 is 1.44 bits per heavy atom. The zero-order valence-corrected chi connectivity index (χ0v) is 12.5. The van der Waals surface area contributed by atoms with Gasteiger partial charge < -0.3 is 5.11 Å². The first-order valence-electron chi connectivity index (χ1n) is 5.52. The lowest BCUT2D eigenvalue weighted by Gasteiger charge is -2.18. The van der Waals surface area contributed by atoms with Crippen LogP contribution in [0.4, 0.5) is 0 Å². The van der Waals surface area contributed by atoms with Crippen LogP contribution < -0.4 is 4.72 Å². The molecule has 8 heteroatoms. The average molecular weight is 330 g/mol. The van der Waals surface area contributed by atoms with Crippen molar-refractivity contribution in [3.63, 3.8) is 0 Å². The molecule has 0 spiro atoms. The molecule has 0 aromatic carbocycles. The van der Waals surface area contributed by atoms with Crippen LogP contribution in [0.2, 0.25) is 8.67 Å². The Balaban J connectivity index is 2.19. The summed E-state index contributed by atoms with van der Waals surface area (Å²) >= 11 is 12.6. The normalized spacial score (nSPS) is 24.6.